The lowest BCUT2D eigenvalue weighted by atomic mass is 10.1. The van der Waals surface area contributed by atoms with Crippen LogP contribution in [0, 0.1) is 12.7 Å². The van der Waals surface area contributed by atoms with Gasteiger partial charge in [-0.05, 0) is 32.3 Å². The summed E-state index contributed by atoms with van der Waals surface area (Å²) in [6, 6.07) is 1.73. The van der Waals surface area contributed by atoms with E-state index in [4.69, 9.17) is 17.3 Å². The van der Waals surface area contributed by atoms with Crippen LogP contribution in [0.1, 0.15) is 30.9 Å². The van der Waals surface area contributed by atoms with E-state index >= 15 is 0 Å². The van der Waals surface area contributed by atoms with Crippen LogP contribution in [0.2, 0.25) is 5.02 Å². The van der Waals surface area contributed by atoms with Crippen molar-refractivity contribution in [1.82, 2.24) is 4.57 Å². The fraction of sp³-hybridized carbons (Fsp3) is 0.471. The summed E-state index contributed by atoms with van der Waals surface area (Å²) in [5, 5.41) is 0.699. The normalized spacial score (nSPS) is 21.4. The molecule has 1 aliphatic heterocycles. The SMILES string of the molecule is Cc1cn(C2CC2)c2c(Cl)c(N3CC[C@H](N)C3)c(F)cc2c1=O. The molecule has 0 amide bonds. The predicted molar refractivity (Wildman–Crippen MR) is 91.0 cm³/mol. The fourth-order valence-electron chi connectivity index (χ4n) is 3.49. The molecule has 2 fully saturated rings. The van der Waals surface area contributed by atoms with E-state index in [-0.39, 0.29) is 11.5 Å². The molecule has 1 aromatic heterocycles. The number of aromatic nitrogens is 1. The first-order valence-corrected chi connectivity index (χ1v) is 8.39. The van der Waals surface area contributed by atoms with Gasteiger partial charge in [0.2, 0.25) is 0 Å². The highest BCUT2D eigenvalue weighted by Gasteiger charge is 2.30. The van der Waals surface area contributed by atoms with Gasteiger partial charge in [-0.2, -0.15) is 0 Å². The van der Waals surface area contributed by atoms with Crippen molar-refractivity contribution in [2.75, 3.05) is 18.0 Å². The molecule has 1 saturated carbocycles. The Morgan fingerprint density at radius 1 is 1.35 bits per heavy atom. The second kappa shape index (κ2) is 5.21. The number of rotatable bonds is 2. The van der Waals surface area contributed by atoms with Crippen LogP contribution in [0.3, 0.4) is 0 Å². The van der Waals surface area contributed by atoms with Crippen LogP contribution >= 0.6 is 11.6 Å². The number of halogens is 2. The number of hydrogen-bond donors (Lipinski definition) is 1. The highest BCUT2D eigenvalue weighted by Crippen LogP contribution is 2.42. The summed E-state index contributed by atoms with van der Waals surface area (Å²) < 4.78 is 16.8. The van der Waals surface area contributed by atoms with Gasteiger partial charge < -0.3 is 15.2 Å². The summed E-state index contributed by atoms with van der Waals surface area (Å²) in [5.74, 6) is -0.443. The number of anilines is 1. The third-order valence-electron chi connectivity index (χ3n) is 4.84. The summed E-state index contributed by atoms with van der Waals surface area (Å²) in [6.07, 6.45) is 4.80. The van der Waals surface area contributed by atoms with Gasteiger partial charge in [-0.3, -0.25) is 4.79 Å². The van der Waals surface area contributed by atoms with Crippen molar-refractivity contribution < 1.29 is 4.39 Å². The largest absolute Gasteiger partial charge is 0.366 e. The van der Waals surface area contributed by atoms with Gasteiger partial charge in [-0.1, -0.05) is 11.6 Å². The molecule has 23 heavy (non-hydrogen) atoms. The Morgan fingerprint density at radius 3 is 2.70 bits per heavy atom. The van der Waals surface area contributed by atoms with Crippen LogP contribution in [0.5, 0.6) is 0 Å². The van der Waals surface area contributed by atoms with Gasteiger partial charge in [-0.25, -0.2) is 4.39 Å². The third-order valence-corrected chi connectivity index (χ3v) is 5.20. The number of aryl methyl sites for hydroxylation is 1. The van der Waals surface area contributed by atoms with E-state index in [0.29, 0.717) is 46.3 Å². The zero-order valence-corrected chi connectivity index (χ0v) is 13.7. The lowest BCUT2D eigenvalue weighted by Gasteiger charge is -2.23. The van der Waals surface area contributed by atoms with Gasteiger partial charge in [0.15, 0.2) is 5.43 Å². The van der Waals surface area contributed by atoms with Gasteiger partial charge >= 0.3 is 0 Å². The third kappa shape index (κ3) is 2.34. The van der Waals surface area contributed by atoms with Crippen LogP contribution in [0.15, 0.2) is 17.1 Å². The molecule has 2 aliphatic rings. The monoisotopic (exact) mass is 335 g/mol. The van der Waals surface area contributed by atoms with E-state index in [1.807, 2.05) is 15.7 Å². The minimum absolute atomic E-state index is 0.0322. The first kappa shape index (κ1) is 15.0. The van der Waals surface area contributed by atoms with Crippen LogP contribution in [0.4, 0.5) is 10.1 Å². The van der Waals surface area contributed by atoms with E-state index in [2.05, 4.69) is 0 Å². The molecule has 2 aromatic rings. The number of benzene rings is 1. The Bertz CT molecular complexity index is 859. The van der Waals surface area contributed by atoms with Gasteiger partial charge in [0.25, 0.3) is 0 Å². The Labute approximate surface area is 138 Å². The van der Waals surface area contributed by atoms with Crippen molar-refractivity contribution in [3.8, 4) is 0 Å². The van der Waals surface area contributed by atoms with Crippen molar-refractivity contribution in [2.24, 2.45) is 5.73 Å². The molecule has 0 radical (unpaired) electrons. The maximum absolute atomic E-state index is 14.7. The fourth-order valence-corrected chi connectivity index (χ4v) is 3.90. The predicted octanol–water partition coefficient (Wildman–Crippen LogP) is 2.97. The van der Waals surface area contributed by atoms with Crippen LogP contribution in [-0.2, 0) is 0 Å². The molecule has 1 atom stereocenters. The maximum atomic E-state index is 14.7. The van der Waals surface area contributed by atoms with Crippen molar-refractivity contribution in [3.63, 3.8) is 0 Å². The Kier molecular flexibility index (Phi) is 3.39. The first-order valence-electron chi connectivity index (χ1n) is 8.01. The average molecular weight is 336 g/mol. The molecule has 1 aromatic carbocycles. The number of nitrogens with zero attached hydrogens (tertiary/aromatic N) is 2. The molecular weight excluding hydrogens is 317 g/mol. The number of hydrogen-bond acceptors (Lipinski definition) is 3. The molecule has 2 heterocycles. The highest BCUT2D eigenvalue weighted by molar-refractivity contribution is 6.38. The molecule has 0 unspecified atom stereocenters. The molecule has 0 spiro atoms. The standard InChI is InChI=1S/C17H19ClFN3O/c1-9-7-22(11-2-3-11)15-12(17(9)23)6-13(19)16(14(15)18)21-5-4-10(20)8-21/h6-7,10-11H,2-5,8,20H2,1H3/t10-/m0/s1. The Hall–Kier alpha value is -1.59. The molecule has 4 rings (SSSR count). The highest BCUT2D eigenvalue weighted by atomic mass is 35.5. The Morgan fingerprint density at radius 2 is 2.09 bits per heavy atom. The summed E-state index contributed by atoms with van der Waals surface area (Å²) in [6.45, 7) is 3.03. The second-order valence-corrected chi connectivity index (χ2v) is 7.07. The first-order chi connectivity index (χ1) is 11.0. The molecule has 122 valence electrons. The lowest BCUT2D eigenvalue weighted by Crippen LogP contribution is -2.27. The van der Waals surface area contributed by atoms with Crippen molar-refractivity contribution >= 4 is 28.2 Å². The van der Waals surface area contributed by atoms with Crippen LogP contribution in [0.25, 0.3) is 10.9 Å². The van der Waals surface area contributed by atoms with Gasteiger partial charge in [0, 0.05) is 36.9 Å². The van der Waals surface area contributed by atoms with Gasteiger partial charge in [-0.15, -0.1) is 0 Å². The second-order valence-electron chi connectivity index (χ2n) is 6.69. The Balaban J connectivity index is 2.01. The number of fused-ring (bicyclic) bond motifs is 1. The molecule has 1 saturated heterocycles. The minimum Gasteiger partial charge on any atom is -0.366 e. The summed E-state index contributed by atoms with van der Waals surface area (Å²) >= 11 is 6.59. The topological polar surface area (TPSA) is 51.3 Å². The minimum atomic E-state index is -0.443. The summed E-state index contributed by atoms with van der Waals surface area (Å²) in [4.78, 5) is 14.3. The van der Waals surface area contributed by atoms with E-state index in [9.17, 15) is 9.18 Å². The quantitative estimate of drug-likeness (QED) is 0.918. The molecule has 0 bridgehead atoms. The van der Waals surface area contributed by atoms with Crippen molar-refractivity contribution in [3.05, 3.63) is 38.9 Å². The van der Waals surface area contributed by atoms with Crippen molar-refractivity contribution in [1.29, 1.82) is 0 Å². The van der Waals surface area contributed by atoms with Gasteiger partial charge in [0.05, 0.1) is 21.6 Å². The summed E-state index contributed by atoms with van der Waals surface area (Å²) in [5.41, 5.74) is 7.45. The molecule has 4 nitrogen and oxygen atoms in total. The van der Waals surface area contributed by atoms with Crippen LogP contribution < -0.4 is 16.1 Å². The smallest absolute Gasteiger partial charge is 0.192 e. The van der Waals surface area contributed by atoms with E-state index in [1.165, 1.54) is 6.07 Å². The zero-order chi connectivity index (χ0) is 16.3. The molecule has 1 aliphatic carbocycles. The van der Waals surface area contributed by atoms with Crippen LogP contribution in [-0.4, -0.2) is 23.7 Å². The number of pyridine rings is 1. The summed E-state index contributed by atoms with van der Waals surface area (Å²) in [7, 11) is 0. The van der Waals surface area contributed by atoms with Gasteiger partial charge in [0.1, 0.15) is 5.82 Å². The maximum Gasteiger partial charge on any atom is 0.192 e. The van der Waals surface area contributed by atoms with E-state index in [0.717, 1.165) is 19.3 Å². The zero-order valence-electron chi connectivity index (χ0n) is 13.0. The van der Waals surface area contributed by atoms with E-state index in [1.54, 1.807) is 6.92 Å². The molecule has 6 heteroatoms. The molecular formula is C17H19ClFN3O. The number of nitrogens with two attached hydrogens (primary N) is 1. The van der Waals surface area contributed by atoms with E-state index < -0.39 is 5.82 Å². The lowest BCUT2D eigenvalue weighted by molar-refractivity contribution is 0.623. The average Bonchev–Trinajstić information content (AvgIpc) is 3.26. The van der Waals surface area contributed by atoms with Crippen molar-refractivity contribution in [2.45, 2.75) is 38.3 Å². The molecule has 2 N–H and O–H groups in total.